The van der Waals surface area contributed by atoms with Gasteiger partial charge in [-0.05, 0) is 6.42 Å². The monoisotopic (exact) mass is 342 g/mol. The summed E-state index contributed by atoms with van der Waals surface area (Å²) in [5, 5.41) is 8.60. The molecule has 24 heavy (non-hydrogen) atoms. The molecule has 0 aromatic carbocycles. The fourth-order valence-corrected chi connectivity index (χ4v) is 2.96. The van der Waals surface area contributed by atoms with E-state index in [0.717, 1.165) is 12.8 Å². The average Bonchev–Trinajstić information content (AvgIpc) is 2.58. The highest BCUT2D eigenvalue weighted by Crippen LogP contribution is 2.13. The summed E-state index contributed by atoms with van der Waals surface area (Å²) in [6, 6.07) is 0. The van der Waals surface area contributed by atoms with Crippen LogP contribution in [0.1, 0.15) is 116 Å². The lowest BCUT2D eigenvalue weighted by Crippen LogP contribution is -2.06. The van der Waals surface area contributed by atoms with E-state index in [1.807, 2.05) is 0 Å². The van der Waals surface area contributed by atoms with E-state index < -0.39 is 0 Å². The van der Waals surface area contributed by atoms with Crippen LogP contribution < -0.4 is 0 Å². The zero-order valence-corrected chi connectivity index (χ0v) is 16.2. The topological polar surface area (TPSA) is 46.5 Å². The molecule has 0 atom stereocenters. The van der Waals surface area contributed by atoms with Gasteiger partial charge in [0, 0.05) is 19.4 Å². The van der Waals surface area contributed by atoms with Crippen molar-refractivity contribution in [2.75, 3.05) is 13.2 Å². The van der Waals surface area contributed by atoms with Gasteiger partial charge in [-0.15, -0.1) is 0 Å². The van der Waals surface area contributed by atoms with Gasteiger partial charge in [-0.2, -0.15) is 0 Å². The first-order valence-electron chi connectivity index (χ1n) is 10.6. The third-order valence-corrected chi connectivity index (χ3v) is 4.55. The highest BCUT2D eigenvalue weighted by molar-refractivity contribution is 5.69. The van der Waals surface area contributed by atoms with Crippen molar-refractivity contribution in [3.05, 3.63) is 0 Å². The summed E-state index contributed by atoms with van der Waals surface area (Å²) in [5.41, 5.74) is 0. The molecule has 0 heterocycles. The predicted octanol–water partition coefficient (Wildman–Crippen LogP) is 6.17. The van der Waals surface area contributed by atoms with Crippen LogP contribution in [0.4, 0.5) is 0 Å². The lowest BCUT2D eigenvalue weighted by molar-refractivity contribution is -0.144. The number of rotatable bonds is 19. The van der Waals surface area contributed by atoms with Crippen molar-refractivity contribution in [3.8, 4) is 0 Å². The summed E-state index contributed by atoms with van der Waals surface area (Å²) in [7, 11) is 0. The Bertz CT molecular complexity index is 253. The highest BCUT2D eigenvalue weighted by Gasteiger charge is 2.02. The van der Waals surface area contributed by atoms with E-state index in [0.29, 0.717) is 19.4 Å². The molecule has 3 nitrogen and oxygen atoms in total. The van der Waals surface area contributed by atoms with Gasteiger partial charge < -0.3 is 9.84 Å². The van der Waals surface area contributed by atoms with E-state index in [1.54, 1.807) is 0 Å². The summed E-state index contributed by atoms with van der Waals surface area (Å²) < 4.78 is 5.00. The second-order valence-electron chi connectivity index (χ2n) is 7.00. The van der Waals surface area contributed by atoms with Gasteiger partial charge in [0.05, 0.1) is 6.61 Å². The van der Waals surface area contributed by atoms with Crippen molar-refractivity contribution >= 4 is 5.97 Å². The number of esters is 1. The average molecular weight is 343 g/mol. The summed E-state index contributed by atoms with van der Waals surface area (Å²) in [6.45, 7) is 2.72. The Labute approximate surface area is 150 Å². The van der Waals surface area contributed by atoms with Gasteiger partial charge in [0.15, 0.2) is 0 Å². The first kappa shape index (κ1) is 23.4. The normalized spacial score (nSPS) is 10.9. The molecule has 0 aromatic heterocycles. The number of unbranched alkanes of at least 4 members (excludes halogenated alkanes) is 14. The molecule has 0 amide bonds. The van der Waals surface area contributed by atoms with Crippen LogP contribution in [-0.2, 0) is 9.53 Å². The van der Waals surface area contributed by atoms with Crippen LogP contribution in [0.2, 0.25) is 0 Å². The van der Waals surface area contributed by atoms with E-state index in [2.05, 4.69) is 6.92 Å². The van der Waals surface area contributed by atoms with Crippen LogP contribution in [0.5, 0.6) is 0 Å². The maximum absolute atomic E-state index is 11.3. The molecular formula is C21H42O3. The highest BCUT2D eigenvalue weighted by atomic mass is 16.5. The minimum atomic E-state index is -0.113. The van der Waals surface area contributed by atoms with Crippen molar-refractivity contribution < 1.29 is 14.6 Å². The minimum absolute atomic E-state index is 0.0895. The summed E-state index contributed by atoms with van der Waals surface area (Å²) >= 11 is 0. The Hall–Kier alpha value is -0.570. The summed E-state index contributed by atoms with van der Waals surface area (Å²) in [5.74, 6) is -0.113. The van der Waals surface area contributed by atoms with Gasteiger partial charge in [0.2, 0.25) is 0 Å². The van der Waals surface area contributed by atoms with E-state index in [1.165, 1.54) is 83.5 Å². The minimum Gasteiger partial charge on any atom is -0.466 e. The second kappa shape index (κ2) is 20.5. The molecule has 0 rings (SSSR count). The van der Waals surface area contributed by atoms with Crippen LogP contribution in [0, 0.1) is 0 Å². The number of ether oxygens (including phenoxy) is 1. The fraction of sp³-hybridized carbons (Fsp3) is 0.952. The van der Waals surface area contributed by atoms with Crippen LogP contribution >= 0.6 is 0 Å². The lowest BCUT2D eigenvalue weighted by atomic mass is 10.0. The molecule has 0 saturated carbocycles. The predicted molar refractivity (Wildman–Crippen MR) is 102 cm³/mol. The molecule has 0 aliphatic rings. The van der Waals surface area contributed by atoms with Crippen LogP contribution in [-0.4, -0.2) is 24.3 Å². The number of carbonyl (C=O) groups is 1. The zero-order valence-electron chi connectivity index (χ0n) is 16.2. The number of carbonyl (C=O) groups excluding carboxylic acids is 1. The van der Waals surface area contributed by atoms with E-state index in [4.69, 9.17) is 9.84 Å². The van der Waals surface area contributed by atoms with Crippen LogP contribution in [0.15, 0.2) is 0 Å². The molecular weight excluding hydrogens is 300 g/mol. The Morgan fingerprint density at radius 2 is 1.08 bits per heavy atom. The molecule has 3 heteroatoms. The molecule has 0 radical (unpaired) electrons. The maximum Gasteiger partial charge on any atom is 0.305 e. The molecule has 0 unspecified atom stereocenters. The maximum atomic E-state index is 11.3. The van der Waals surface area contributed by atoms with Crippen molar-refractivity contribution in [3.63, 3.8) is 0 Å². The fourth-order valence-electron chi connectivity index (χ4n) is 2.96. The first-order chi connectivity index (χ1) is 11.8. The van der Waals surface area contributed by atoms with Crippen molar-refractivity contribution in [1.29, 1.82) is 0 Å². The first-order valence-corrected chi connectivity index (χ1v) is 10.6. The van der Waals surface area contributed by atoms with Gasteiger partial charge in [0.1, 0.15) is 0 Å². The number of aliphatic hydroxyl groups excluding tert-OH is 1. The van der Waals surface area contributed by atoms with E-state index >= 15 is 0 Å². The quantitative estimate of drug-likeness (QED) is 0.225. The number of aliphatic hydroxyl groups is 1. The smallest absolute Gasteiger partial charge is 0.305 e. The summed E-state index contributed by atoms with van der Waals surface area (Å²) in [6.07, 6.45) is 21.1. The molecule has 0 saturated heterocycles. The second-order valence-corrected chi connectivity index (χ2v) is 7.00. The van der Waals surface area contributed by atoms with Crippen LogP contribution in [0.3, 0.4) is 0 Å². The molecule has 0 bridgehead atoms. The zero-order chi connectivity index (χ0) is 17.7. The number of hydrogen-bond acceptors (Lipinski definition) is 3. The standard InChI is InChI=1S/C21H42O3/c1-2-3-4-5-6-7-8-9-10-11-12-13-14-15-16-18-21(23)24-20-17-19-22/h22H,2-20H2,1H3. The van der Waals surface area contributed by atoms with Crippen molar-refractivity contribution in [2.24, 2.45) is 0 Å². The van der Waals surface area contributed by atoms with Gasteiger partial charge >= 0.3 is 5.97 Å². The molecule has 1 N–H and O–H groups in total. The Balaban J connectivity index is 3.06. The van der Waals surface area contributed by atoms with Gasteiger partial charge in [0.25, 0.3) is 0 Å². The van der Waals surface area contributed by atoms with E-state index in [-0.39, 0.29) is 12.6 Å². The molecule has 144 valence electrons. The van der Waals surface area contributed by atoms with Crippen molar-refractivity contribution in [2.45, 2.75) is 116 Å². The lowest BCUT2D eigenvalue weighted by Gasteiger charge is -2.04. The molecule has 0 fully saturated rings. The van der Waals surface area contributed by atoms with E-state index in [9.17, 15) is 4.79 Å². The van der Waals surface area contributed by atoms with Crippen molar-refractivity contribution in [1.82, 2.24) is 0 Å². The van der Waals surface area contributed by atoms with Crippen LogP contribution in [0.25, 0.3) is 0 Å². The SMILES string of the molecule is CCCCCCCCCCCCCCCCCC(=O)OCCCO. The third-order valence-electron chi connectivity index (χ3n) is 4.55. The third kappa shape index (κ3) is 19.5. The number of hydrogen-bond donors (Lipinski definition) is 1. The molecule has 0 spiro atoms. The molecule has 0 aromatic rings. The molecule has 0 aliphatic carbocycles. The largest absolute Gasteiger partial charge is 0.466 e. The summed E-state index contributed by atoms with van der Waals surface area (Å²) in [4.78, 5) is 11.3. The van der Waals surface area contributed by atoms with Gasteiger partial charge in [-0.3, -0.25) is 4.79 Å². The Morgan fingerprint density at radius 1 is 0.667 bits per heavy atom. The van der Waals surface area contributed by atoms with Gasteiger partial charge in [-0.1, -0.05) is 96.8 Å². The Kier molecular flexibility index (Phi) is 20.0. The van der Waals surface area contributed by atoms with Gasteiger partial charge in [-0.25, -0.2) is 0 Å². The molecule has 0 aliphatic heterocycles. The Morgan fingerprint density at radius 3 is 1.50 bits per heavy atom.